The van der Waals surface area contributed by atoms with Crippen LogP contribution >= 0.6 is 11.6 Å². The Bertz CT molecular complexity index is 569. The second-order valence-corrected chi connectivity index (χ2v) is 5.21. The van der Waals surface area contributed by atoms with Crippen LogP contribution in [0.15, 0.2) is 54.6 Å². The fourth-order valence-electron chi connectivity index (χ4n) is 2.07. The first-order valence-corrected chi connectivity index (χ1v) is 7.16. The summed E-state index contributed by atoms with van der Waals surface area (Å²) >= 11 is 5.87. The van der Waals surface area contributed by atoms with Gasteiger partial charge in [-0.3, -0.25) is 4.79 Å². The quantitative estimate of drug-likeness (QED) is 0.833. The lowest BCUT2D eigenvalue weighted by atomic mass is 10.1. The Morgan fingerprint density at radius 3 is 2.38 bits per heavy atom. The van der Waals surface area contributed by atoms with Gasteiger partial charge in [0.1, 0.15) is 6.04 Å². The van der Waals surface area contributed by atoms with Crippen molar-refractivity contribution >= 4 is 17.6 Å². The second-order valence-electron chi connectivity index (χ2n) is 4.77. The summed E-state index contributed by atoms with van der Waals surface area (Å²) in [4.78, 5) is 11.9. The van der Waals surface area contributed by atoms with Crippen LogP contribution in [0.4, 0.5) is 0 Å². The Morgan fingerprint density at radius 1 is 1.10 bits per heavy atom. The molecular weight excluding hydrogens is 286 g/mol. The van der Waals surface area contributed by atoms with Crippen molar-refractivity contribution in [3.63, 3.8) is 0 Å². The van der Waals surface area contributed by atoms with E-state index >= 15 is 0 Å². The normalized spacial score (nSPS) is 11.9. The van der Waals surface area contributed by atoms with Crippen molar-refractivity contribution in [1.82, 2.24) is 5.32 Å². The molecule has 0 aliphatic rings. The van der Waals surface area contributed by atoms with E-state index in [-0.39, 0.29) is 12.0 Å². The topological polar surface area (TPSA) is 38.3 Å². The van der Waals surface area contributed by atoms with Gasteiger partial charge >= 0.3 is 5.97 Å². The van der Waals surface area contributed by atoms with E-state index in [2.05, 4.69) is 5.32 Å². The van der Waals surface area contributed by atoms with Crippen molar-refractivity contribution in [3.05, 3.63) is 70.7 Å². The van der Waals surface area contributed by atoms with Crippen LogP contribution in [0.2, 0.25) is 5.02 Å². The predicted molar refractivity (Wildman–Crippen MR) is 84.2 cm³/mol. The molecule has 0 saturated heterocycles. The number of carbonyl (C=O) groups excluding carboxylic acids is 1. The average molecular weight is 304 g/mol. The van der Waals surface area contributed by atoms with E-state index in [1.54, 1.807) is 0 Å². The molecule has 0 fully saturated rings. The summed E-state index contributed by atoms with van der Waals surface area (Å²) < 4.78 is 4.87. The molecule has 3 nitrogen and oxygen atoms in total. The maximum Gasteiger partial charge on any atom is 0.323 e. The molecule has 4 heteroatoms. The summed E-state index contributed by atoms with van der Waals surface area (Å²) in [6.45, 7) is 0.619. The highest BCUT2D eigenvalue weighted by atomic mass is 35.5. The molecule has 2 rings (SSSR count). The minimum Gasteiger partial charge on any atom is -0.468 e. The molecule has 2 aromatic rings. The molecule has 0 heterocycles. The van der Waals surface area contributed by atoms with E-state index in [9.17, 15) is 4.79 Å². The number of halogens is 1. The van der Waals surface area contributed by atoms with Crippen LogP contribution < -0.4 is 5.32 Å². The van der Waals surface area contributed by atoms with Crippen LogP contribution in [-0.4, -0.2) is 19.1 Å². The predicted octanol–water partition coefficient (Wildman–Crippen LogP) is 3.21. The molecule has 0 radical (unpaired) electrons. The minimum atomic E-state index is -0.378. The lowest BCUT2D eigenvalue weighted by Crippen LogP contribution is -2.39. The molecule has 0 bridgehead atoms. The van der Waals surface area contributed by atoms with Gasteiger partial charge < -0.3 is 10.1 Å². The van der Waals surface area contributed by atoms with Gasteiger partial charge in [0.25, 0.3) is 0 Å². The average Bonchev–Trinajstić information content (AvgIpc) is 2.53. The third-order valence-corrected chi connectivity index (χ3v) is 3.49. The molecule has 0 saturated carbocycles. The summed E-state index contributed by atoms with van der Waals surface area (Å²) in [5.41, 5.74) is 2.16. The summed E-state index contributed by atoms with van der Waals surface area (Å²) in [5.74, 6) is -0.263. The highest BCUT2D eigenvalue weighted by molar-refractivity contribution is 6.30. The van der Waals surface area contributed by atoms with Gasteiger partial charge in [0.05, 0.1) is 7.11 Å². The number of esters is 1. The van der Waals surface area contributed by atoms with Crippen LogP contribution in [0.25, 0.3) is 0 Å². The van der Waals surface area contributed by atoms with Crippen LogP contribution in [0.5, 0.6) is 0 Å². The number of methoxy groups -OCH3 is 1. The van der Waals surface area contributed by atoms with E-state index in [4.69, 9.17) is 16.3 Å². The molecule has 1 atom stereocenters. The Balaban J connectivity index is 2.01. The van der Waals surface area contributed by atoms with Crippen molar-refractivity contribution in [3.8, 4) is 0 Å². The van der Waals surface area contributed by atoms with Gasteiger partial charge in [0.2, 0.25) is 0 Å². The first-order valence-electron chi connectivity index (χ1n) is 6.78. The van der Waals surface area contributed by atoms with Gasteiger partial charge in [-0.05, 0) is 29.7 Å². The highest BCUT2D eigenvalue weighted by Crippen LogP contribution is 2.12. The van der Waals surface area contributed by atoms with Crippen molar-refractivity contribution in [2.24, 2.45) is 0 Å². The van der Waals surface area contributed by atoms with Crippen molar-refractivity contribution < 1.29 is 9.53 Å². The second kappa shape index (κ2) is 7.81. The Labute approximate surface area is 129 Å². The third kappa shape index (κ3) is 4.88. The fraction of sp³-hybridized carbons (Fsp3) is 0.235. The van der Waals surface area contributed by atoms with Gasteiger partial charge in [0.15, 0.2) is 0 Å². The molecule has 1 N–H and O–H groups in total. The zero-order chi connectivity index (χ0) is 15.1. The number of benzene rings is 2. The van der Waals surface area contributed by atoms with Crippen molar-refractivity contribution in [2.45, 2.75) is 19.0 Å². The first kappa shape index (κ1) is 15.5. The monoisotopic (exact) mass is 303 g/mol. The molecule has 21 heavy (non-hydrogen) atoms. The first-order chi connectivity index (χ1) is 10.2. The summed E-state index contributed by atoms with van der Waals surface area (Å²) in [6, 6.07) is 17.1. The van der Waals surface area contributed by atoms with E-state index in [0.29, 0.717) is 18.0 Å². The molecule has 0 aromatic heterocycles. The van der Waals surface area contributed by atoms with E-state index in [0.717, 1.165) is 11.1 Å². The number of carbonyl (C=O) groups is 1. The SMILES string of the molecule is COC(=O)[C@H](Cc1ccc(Cl)cc1)NCc1ccccc1. The number of rotatable bonds is 6. The van der Waals surface area contributed by atoms with E-state index in [1.807, 2.05) is 54.6 Å². The summed E-state index contributed by atoms with van der Waals surface area (Å²) in [7, 11) is 1.40. The fourth-order valence-corrected chi connectivity index (χ4v) is 2.20. The minimum absolute atomic E-state index is 0.263. The smallest absolute Gasteiger partial charge is 0.323 e. The third-order valence-electron chi connectivity index (χ3n) is 3.23. The number of nitrogens with one attached hydrogen (secondary N) is 1. The van der Waals surface area contributed by atoms with Gasteiger partial charge in [0, 0.05) is 11.6 Å². The van der Waals surface area contributed by atoms with Crippen LogP contribution in [0.3, 0.4) is 0 Å². The largest absolute Gasteiger partial charge is 0.468 e. The van der Waals surface area contributed by atoms with E-state index < -0.39 is 0 Å². The molecule has 0 amide bonds. The molecule has 2 aromatic carbocycles. The number of ether oxygens (including phenoxy) is 1. The zero-order valence-corrected chi connectivity index (χ0v) is 12.6. The van der Waals surface area contributed by atoms with Gasteiger partial charge in [-0.25, -0.2) is 0 Å². The maximum atomic E-state index is 11.9. The molecule has 0 aliphatic heterocycles. The molecule has 0 spiro atoms. The van der Waals surface area contributed by atoms with Crippen LogP contribution in [0.1, 0.15) is 11.1 Å². The van der Waals surface area contributed by atoms with E-state index in [1.165, 1.54) is 7.11 Å². The van der Waals surface area contributed by atoms with Crippen LogP contribution in [0, 0.1) is 0 Å². The van der Waals surface area contributed by atoms with Gasteiger partial charge in [-0.1, -0.05) is 54.1 Å². The number of hydrogen-bond donors (Lipinski definition) is 1. The summed E-state index contributed by atoms with van der Waals surface area (Å²) in [6.07, 6.45) is 0.566. The van der Waals surface area contributed by atoms with Crippen molar-refractivity contribution in [1.29, 1.82) is 0 Å². The lowest BCUT2D eigenvalue weighted by molar-refractivity contribution is -0.143. The lowest BCUT2D eigenvalue weighted by Gasteiger charge is -2.16. The summed E-state index contributed by atoms with van der Waals surface area (Å²) in [5, 5.41) is 3.93. The Hall–Kier alpha value is -1.84. The van der Waals surface area contributed by atoms with Crippen molar-refractivity contribution in [2.75, 3.05) is 7.11 Å². The molecule has 0 unspecified atom stereocenters. The maximum absolute atomic E-state index is 11.9. The molecule has 0 aliphatic carbocycles. The standard InChI is InChI=1S/C17H18ClNO2/c1-21-17(20)16(11-13-7-9-15(18)10-8-13)19-12-14-5-3-2-4-6-14/h2-10,16,19H,11-12H2,1H3/t16-/m0/s1. The Morgan fingerprint density at radius 2 is 1.76 bits per heavy atom. The number of hydrogen-bond acceptors (Lipinski definition) is 3. The van der Waals surface area contributed by atoms with Gasteiger partial charge in [-0.15, -0.1) is 0 Å². The highest BCUT2D eigenvalue weighted by Gasteiger charge is 2.19. The van der Waals surface area contributed by atoms with Gasteiger partial charge in [-0.2, -0.15) is 0 Å². The Kier molecular flexibility index (Phi) is 5.78. The molecular formula is C17H18ClNO2. The molecule has 110 valence electrons. The zero-order valence-electron chi connectivity index (χ0n) is 11.9. The van der Waals surface area contributed by atoms with Crippen LogP contribution in [-0.2, 0) is 22.5 Å².